The molecule has 0 aliphatic rings. The van der Waals surface area contributed by atoms with Crippen LogP contribution in [0.25, 0.3) is 10.2 Å². The Balaban J connectivity index is 1.84. The summed E-state index contributed by atoms with van der Waals surface area (Å²) in [7, 11) is 0.699. The molecule has 1 aromatic heterocycles. The molecule has 0 aliphatic carbocycles. The zero-order chi connectivity index (χ0) is 23.5. The number of aromatic nitrogens is 1. The van der Waals surface area contributed by atoms with E-state index in [1.807, 2.05) is 39.2 Å². The Bertz CT molecular complexity index is 1180. The number of rotatable bonds is 9. The minimum atomic E-state index is -3.33. The molecule has 1 heterocycles. The SMILES string of the molecule is Cc1cccc2sc(N(CCCN(C)C)C(=O)Cc3ccc(S(=O)(=O)C(C)C)cc3)nc12. The summed E-state index contributed by atoms with van der Waals surface area (Å²) in [4.78, 5) is 22.2. The highest BCUT2D eigenvalue weighted by Gasteiger charge is 2.22. The first kappa shape index (κ1) is 24.4. The van der Waals surface area contributed by atoms with Crippen molar-refractivity contribution in [1.82, 2.24) is 9.88 Å². The van der Waals surface area contributed by atoms with Gasteiger partial charge in [-0.2, -0.15) is 0 Å². The number of aryl methyl sites for hydroxylation is 1. The van der Waals surface area contributed by atoms with Gasteiger partial charge in [0, 0.05) is 6.54 Å². The number of benzene rings is 2. The number of hydrogen-bond donors (Lipinski definition) is 0. The third-order valence-corrected chi connectivity index (χ3v) is 8.57. The van der Waals surface area contributed by atoms with Gasteiger partial charge in [0.15, 0.2) is 15.0 Å². The van der Waals surface area contributed by atoms with Gasteiger partial charge in [-0.3, -0.25) is 9.69 Å². The monoisotopic (exact) mass is 473 g/mol. The number of carbonyl (C=O) groups is 1. The highest BCUT2D eigenvalue weighted by atomic mass is 32.2. The van der Waals surface area contributed by atoms with Crippen molar-refractivity contribution < 1.29 is 13.2 Å². The van der Waals surface area contributed by atoms with E-state index in [1.165, 1.54) is 11.3 Å². The first-order valence-electron chi connectivity index (χ1n) is 10.7. The average molecular weight is 474 g/mol. The molecule has 8 heteroatoms. The average Bonchev–Trinajstić information content (AvgIpc) is 3.16. The lowest BCUT2D eigenvalue weighted by atomic mass is 10.1. The van der Waals surface area contributed by atoms with Gasteiger partial charge < -0.3 is 4.90 Å². The largest absolute Gasteiger partial charge is 0.309 e. The molecule has 172 valence electrons. The highest BCUT2D eigenvalue weighted by Crippen LogP contribution is 2.31. The molecule has 0 saturated heterocycles. The molecule has 0 fully saturated rings. The molecule has 1 amide bonds. The first-order chi connectivity index (χ1) is 15.1. The number of carbonyl (C=O) groups excluding carboxylic acids is 1. The van der Waals surface area contributed by atoms with Crippen molar-refractivity contribution in [2.24, 2.45) is 0 Å². The van der Waals surface area contributed by atoms with Crippen molar-refractivity contribution in [1.29, 1.82) is 0 Å². The van der Waals surface area contributed by atoms with E-state index < -0.39 is 15.1 Å². The van der Waals surface area contributed by atoms with Gasteiger partial charge in [-0.15, -0.1) is 0 Å². The minimum absolute atomic E-state index is 0.0417. The first-order valence-corrected chi connectivity index (χ1v) is 13.1. The second-order valence-electron chi connectivity index (χ2n) is 8.53. The van der Waals surface area contributed by atoms with Crippen LogP contribution in [0.5, 0.6) is 0 Å². The Hall–Kier alpha value is -2.29. The number of sulfone groups is 1. The zero-order valence-electron chi connectivity index (χ0n) is 19.3. The Morgan fingerprint density at radius 3 is 2.34 bits per heavy atom. The van der Waals surface area contributed by atoms with E-state index in [1.54, 1.807) is 43.0 Å². The lowest BCUT2D eigenvalue weighted by Crippen LogP contribution is -2.34. The molecule has 3 aromatic rings. The molecular formula is C24H31N3O3S2. The molecule has 0 N–H and O–H groups in total. The molecule has 0 atom stereocenters. The van der Waals surface area contributed by atoms with Crippen molar-refractivity contribution in [3.8, 4) is 0 Å². The fourth-order valence-corrected chi connectivity index (χ4v) is 5.55. The molecular weight excluding hydrogens is 442 g/mol. The van der Waals surface area contributed by atoms with Crippen LogP contribution in [-0.2, 0) is 21.1 Å². The number of hydrogen-bond acceptors (Lipinski definition) is 6. The third kappa shape index (κ3) is 5.54. The molecule has 0 bridgehead atoms. The van der Waals surface area contributed by atoms with Crippen LogP contribution < -0.4 is 4.90 Å². The van der Waals surface area contributed by atoms with Crippen LogP contribution in [0, 0.1) is 6.92 Å². The lowest BCUT2D eigenvalue weighted by Gasteiger charge is -2.21. The van der Waals surface area contributed by atoms with Crippen molar-refractivity contribution in [3.63, 3.8) is 0 Å². The Labute approximate surface area is 194 Å². The van der Waals surface area contributed by atoms with Gasteiger partial charge in [-0.25, -0.2) is 13.4 Å². The van der Waals surface area contributed by atoms with Gasteiger partial charge in [0.2, 0.25) is 5.91 Å². The highest BCUT2D eigenvalue weighted by molar-refractivity contribution is 7.92. The van der Waals surface area contributed by atoms with Crippen LogP contribution in [0.4, 0.5) is 5.13 Å². The third-order valence-electron chi connectivity index (χ3n) is 5.36. The van der Waals surface area contributed by atoms with E-state index in [0.29, 0.717) is 11.7 Å². The molecule has 0 aliphatic heterocycles. The van der Waals surface area contributed by atoms with Crippen LogP contribution >= 0.6 is 11.3 Å². The van der Waals surface area contributed by atoms with Crippen molar-refractivity contribution >= 4 is 42.4 Å². The molecule has 0 spiro atoms. The van der Waals surface area contributed by atoms with Crippen molar-refractivity contribution in [3.05, 3.63) is 53.6 Å². The van der Waals surface area contributed by atoms with E-state index in [4.69, 9.17) is 4.98 Å². The predicted octanol–water partition coefficient (Wildman–Crippen LogP) is 4.31. The smallest absolute Gasteiger partial charge is 0.233 e. The van der Waals surface area contributed by atoms with Crippen LogP contribution in [-0.4, -0.2) is 56.6 Å². The minimum Gasteiger partial charge on any atom is -0.309 e. The van der Waals surface area contributed by atoms with E-state index in [2.05, 4.69) is 4.90 Å². The number of nitrogens with zero attached hydrogens (tertiary/aromatic N) is 3. The Morgan fingerprint density at radius 2 is 1.75 bits per heavy atom. The van der Waals surface area contributed by atoms with Crippen LogP contribution in [0.15, 0.2) is 47.4 Å². The van der Waals surface area contributed by atoms with E-state index in [-0.39, 0.29) is 17.2 Å². The molecule has 0 radical (unpaired) electrons. The molecule has 3 rings (SSSR count). The maximum atomic E-state index is 13.3. The summed E-state index contributed by atoms with van der Waals surface area (Å²) in [5.74, 6) is -0.0417. The lowest BCUT2D eigenvalue weighted by molar-refractivity contribution is -0.118. The summed E-state index contributed by atoms with van der Waals surface area (Å²) in [6, 6.07) is 12.7. The molecule has 2 aromatic carbocycles. The summed E-state index contributed by atoms with van der Waals surface area (Å²) in [5.41, 5.74) is 2.81. The standard InChI is InChI=1S/C24H31N3O3S2/c1-17(2)32(29,30)20-12-10-19(11-13-20)16-22(28)27(15-7-14-26(4)5)24-25-23-18(3)8-6-9-21(23)31-24/h6,8-13,17H,7,14-16H2,1-5H3. The maximum Gasteiger partial charge on any atom is 0.233 e. The van der Waals surface area contributed by atoms with Gasteiger partial charge in [0.25, 0.3) is 0 Å². The summed E-state index contributed by atoms with van der Waals surface area (Å²) in [6.45, 7) is 6.80. The summed E-state index contributed by atoms with van der Waals surface area (Å²) < 4.78 is 25.8. The quantitative estimate of drug-likeness (QED) is 0.463. The fourth-order valence-electron chi connectivity index (χ4n) is 3.40. The number of para-hydroxylation sites is 1. The Morgan fingerprint density at radius 1 is 1.06 bits per heavy atom. The van der Waals surface area contributed by atoms with Crippen molar-refractivity contribution in [2.75, 3.05) is 32.1 Å². The number of amides is 1. The summed E-state index contributed by atoms with van der Waals surface area (Å²) >= 11 is 1.53. The van der Waals surface area contributed by atoms with Gasteiger partial charge >= 0.3 is 0 Å². The van der Waals surface area contributed by atoms with Crippen LogP contribution in [0.3, 0.4) is 0 Å². The van der Waals surface area contributed by atoms with Gasteiger partial charge in [-0.1, -0.05) is 35.6 Å². The summed E-state index contributed by atoms with van der Waals surface area (Å²) in [5, 5.41) is 0.224. The summed E-state index contributed by atoms with van der Waals surface area (Å²) in [6.07, 6.45) is 1.03. The number of fused-ring (bicyclic) bond motifs is 1. The predicted molar refractivity (Wildman–Crippen MR) is 132 cm³/mol. The second kappa shape index (κ2) is 10.1. The topological polar surface area (TPSA) is 70.6 Å². The van der Waals surface area contributed by atoms with E-state index in [9.17, 15) is 13.2 Å². The Kier molecular flexibility index (Phi) is 7.69. The van der Waals surface area contributed by atoms with Crippen LogP contribution in [0.1, 0.15) is 31.4 Å². The second-order valence-corrected chi connectivity index (χ2v) is 12.0. The van der Waals surface area contributed by atoms with Crippen LogP contribution in [0.2, 0.25) is 0 Å². The molecule has 0 saturated carbocycles. The van der Waals surface area contributed by atoms with Crippen molar-refractivity contribution in [2.45, 2.75) is 43.8 Å². The van der Waals surface area contributed by atoms with E-state index >= 15 is 0 Å². The maximum absolute atomic E-state index is 13.3. The van der Waals surface area contributed by atoms with Gasteiger partial charge in [0.1, 0.15) is 0 Å². The van der Waals surface area contributed by atoms with Gasteiger partial charge in [-0.05, 0) is 77.2 Å². The zero-order valence-corrected chi connectivity index (χ0v) is 21.0. The van der Waals surface area contributed by atoms with Gasteiger partial charge in [0.05, 0.1) is 26.8 Å². The molecule has 32 heavy (non-hydrogen) atoms. The normalized spacial score (nSPS) is 12.1. The van der Waals surface area contributed by atoms with E-state index in [0.717, 1.165) is 34.3 Å². The molecule has 0 unspecified atom stereocenters. The number of thiazole rings is 1. The number of anilines is 1. The fraction of sp³-hybridized carbons (Fsp3) is 0.417. The molecule has 6 nitrogen and oxygen atoms in total.